The smallest absolute Gasteiger partial charge is 0.242 e. The molecule has 0 aromatic carbocycles. The molecular formula is C10H19N3O2. The Morgan fingerprint density at radius 3 is 2.80 bits per heavy atom. The predicted octanol–water partition coefficient (Wildman–Crippen LogP) is 1.67. The Kier molecular flexibility index (Phi) is 5.28. The van der Waals surface area contributed by atoms with Crippen molar-refractivity contribution in [3.63, 3.8) is 0 Å². The third kappa shape index (κ3) is 3.60. The molecule has 1 aromatic heterocycles. The summed E-state index contributed by atoms with van der Waals surface area (Å²) < 4.78 is 10.4. The third-order valence-corrected chi connectivity index (χ3v) is 2.10. The van der Waals surface area contributed by atoms with Gasteiger partial charge in [-0.25, -0.2) is 0 Å². The third-order valence-electron chi connectivity index (χ3n) is 2.10. The quantitative estimate of drug-likeness (QED) is 0.746. The fourth-order valence-electron chi connectivity index (χ4n) is 1.31. The van der Waals surface area contributed by atoms with Crippen LogP contribution in [0.1, 0.15) is 44.5 Å². The second-order valence-electron chi connectivity index (χ2n) is 3.38. The van der Waals surface area contributed by atoms with Crippen LogP contribution < -0.4 is 5.32 Å². The van der Waals surface area contributed by atoms with Gasteiger partial charge in [0.05, 0.1) is 6.04 Å². The van der Waals surface area contributed by atoms with Gasteiger partial charge >= 0.3 is 0 Å². The van der Waals surface area contributed by atoms with Crippen molar-refractivity contribution < 1.29 is 9.15 Å². The highest BCUT2D eigenvalue weighted by Gasteiger charge is 2.15. The molecule has 0 bridgehead atoms. The first-order valence-electron chi connectivity index (χ1n) is 5.36. The summed E-state index contributed by atoms with van der Waals surface area (Å²) >= 11 is 0. The molecule has 0 aliphatic carbocycles. The molecule has 15 heavy (non-hydrogen) atoms. The number of hydrogen-bond acceptors (Lipinski definition) is 5. The van der Waals surface area contributed by atoms with E-state index in [4.69, 9.17) is 9.15 Å². The van der Waals surface area contributed by atoms with E-state index in [-0.39, 0.29) is 6.04 Å². The van der Waals surface area contributed by atoms with Crippen LogP contribution in [0.15, 0.2) is 4.42 Å². The van der Waals surface area contributed by atoms with Crippen LogP contribution in [-0.4, -0.2) is 23.9 Å². The van der Waals surface area contributed by atoms with Crippen LogP contribution in [0.5, 0.6) is 0 Å². The minimum absolute atomic E-state index is 0.156. The fraction of sp³-hybridized carbons (Fsp3) is 0.800. The van der Waals surface area contributed by atoms with E-state index in [9.17, 15) is 0 Å². The second kappa shape index (κ2) is 6.53. The monoisotopic (exact) mass is 213 g/mol. The molecular weight excluding hydrogens is 194 g/mol. The molecule has 0 spiro atoms. The van der Waals surface area contributed by atoms with Crippen molar-refractivity contribution in [2.45, 2.75) is 39.3 Å². The Hall–Kier alpha value is -0.940. The number of nitrogens with one attached hydrogen (secondary N) is 1. The largest absolute Gasteiger partial charge is 0.421 e. The van der Waals surface area contributed by atoms with E-state index in [0.29, 0.717) is 18.4 Å². The molecule has 1 unspecified atom stereocenters. The highest BCUT2D eigenvalue weighted by molar-refractivity contribution is 4.88. The molecule has 0 saturated heterocycles. The Morgan fingerprint density at radius 2 is 2.20 bits per heavy atom. The number of ether oxygens (including phenoxy) is 1. The number of nitrogens with zero attached hydrogens (tertiary/aromatic N) is 2. The van der Waals surface area contributed by atoms with Crippen molar-refractivity contribution in [2.75, 3.05) is 13.7 Å². The summed E-state index contributed by atoms with van der Waals surface area (Å²) in [6.45, 7) is 5.55. The summed E-state index contributed by atoms with van der Waals surface area (Å²) in [6.07, 6.45) is 2.03. The summed E-state index contributed by atoms with van der Waals surface area (Å²) in [4.78, 5) is 0. The lowest BCUT2D eigenvalue weighted by Crippen LogP contribution is -2.21. The standard InChI is InChI=1S/C10H19N3O2/c1-4-6-11-8(5-2)10-13-12-9(15-10)7-14-3/h8,11H,4-7H2,1-3H3. The molecule has 0 saturated carbocycles. The molecule has 1 N–H and O–H groups in total. The Labute approximate surface area is 90.2 Å². The number of hydrogen-bond donors (Lipinski definition) is 1. The summed E-state index contributed by atoms with van der Waals surface area (Å²) in [7, 11) is 1.61. The average molecular weight is 213 g/mol. The molecule has 5 heteroatoms. The van der Waals surface area contributed by atoms with E-state index in [2.05, 4.69) is 29.4 Å². The fourth-order valence-corrected chi connectivity index (χ4v) is 1.31. The van der Waals surface area contributed by atoms with Crippen LogP contribution in [-0.2, 0) is 11.3 Å². The van der Waals surface area contributed by atoms with Gasteiger partial charge in [0.25, 0.3) is 0 Å². The Morgan fingerprint density at radius 1 is 1.40 bits per heavy atom. The van der Waals surface area contributed by atoms with Crippen LogP contribution in [0.25, 0.3) is 0 Å². The van der Waals surface area contributed by atoms with Crippen molar-refractivity contribution in [2.24, 2.45) is 0 Å². The lowest BCUT2D eigenvalue weighted by Gasteiger charge is -2.11. The van der Waals surface area contributed by atoms with Crippen molar-refractivity contribution in [3.8, 4) is 0 Å². The van der Waals surface area contributed by atoms with Crippen molar-refractivity contribution in [1.29, 1.82) is 0 Å². The van der Waals surface area contributed by atoms with Crippen molar-refractivity contribution >= 4 is 0 Å². The van der Waals surface area contributed by atoms with E-state index in [1.165, 1.54) is 0 Å². The van der Waals surface area contributed by atoms with Gasteiger partial charge in [-0.2, -0.15) is 0 Å². The van der Waals surface area contributed by atoms with E-state index >= 15 is 0 Å². The van der Waals surface area contributed by atoms with Crippen LogP contribution in [0.3, 0.4) is 0 Å². The van der Waals surface area contributed by atoms with Gasteiger partial charge in [0.2, 0.25) is 11.8 Å². The van der Waals surface area contributed by atoms with E-state index in [1.807, 2.05) is 0 Å². The molecule has 1 atom stereocenters. The van der Waals surface area contributed by atoms with Crippen LogP contribution in [0.4, 0.5) is 0 Å². The zero-order valence-electron chi connectivity index (χ0n) is 9.62. The summed E-state index contributed by atoms with van der Waals surface area (Å²) in [6, 6.07) is 0.156. The number of rotatable bonds is 7. The number of aromatic nitrogens is 2. The topological polar surface area (TPSA) is 60.2 Å². The molecule has 1 rings (SSSR count). The zero-order valence-corrected chi connectivity index (χ0v) is 9.62. The Balaban J connectivity index is 2.57. The van der Waals surface area contributed by atoms with Crippen molar-refractivity contribution in [3.05, 3.63) is 11.8 Å². The molecule has 0 aliphatic heterocycles. The molecule has 0 amide bonds. The van der Waals surface area contributed by atoms with Crippen LogP contribution >= 0.6 is 0 Å². The average Bonchev–Trinajstić information content (AvgIpc) is 2.68. The highest BCUT2D eigenvalue weighted by Crippen LogP contribution is 2.15. The maximum absolute atomic E-state index is 5.46. The molecule has 0 fully saturated rings. The highest BCUT2D eigenvalue weighted by atomic mass is 16.5. The molecule has 1 heterocycles. The molecule has 1 aromatic rings. The normalized spacial score (nSPS) is 13.0. The minimum atomic E-state index is 0.156. The minimum Gasteiger partial charge on any atom is -0.421 e. The van der Waals surface area contributed by atoms with Crippen molar-refractivity contribution in [1.82, 2.24) is 15.5 Å². The predicted molar refractivity (Wildman–Crippen MR) is 56.3 cm³/mol. The van der Waals surface area contributed by atoms with E-state index in [0.717, 1.165) is 19.4 Å². The first-order chi connectivity index (χ1) is 7.31. The Bertz CT molecular complexity index is 275. The summed E-state index contributed by atoms with van der Waals surface area (Å²) in [5.41, 5.74) is 0. The van der Waals surface area contributed by atoms with Gasteiger partial charge < -0.3 is 14.5 Å². The molecule has 0 radical (unpaired) electrons. The number of methoxy groups -OCH3 is 1. The van der Waals surface area contributed by atoms with Gasteiger partial charge in [-0.3, -0.25) is 0 Å². The van der Waals surface area contributed by atoms with Crippen LogP contribution in [0.2, 0.25) is 0 Å². The molecule has 5 nitrogen and oxygen atoms in total. The lowest BCUT2D eigenvalue weighted by molar-refractivity contribution is 0.156. The second-order valence-corrected chi connectivity index (χ2v) is 3.38. The van der Waals surface area contributed by atoms with Gasteiger partial charge in [-0.05, 0) is 19.4 Å². The molecule has 86 valence electrons. The van der Waals surface area contributed by atoms with Gasteiger partial charge in [0.1, 0.15) is 6.61 Å². The first-order valence-corrected chi connectivity index (χ1v) is 5.36. The summed E-state index contributed by atoms with van der Waals surface area (Å²) in [5, 5.41) is 11.3. The molecule has 0 aliphatic rings. The SMILES string of the molecule is CCCNC(CC)c1nnc(COC)o1. The maximum Gasteiger partial charge on any atom is 0.242 e. The first kappa shape index (κ1) is 12.1. The van der Waals surface area contributed by atoms with Gasteiger partial charge in [-0.15, -0.1) is 10.2 Å². The zero-order chi connectivity index (χ0) is 11.1. The van der Waals surface area contributed by atoms with Gasteiger partial charge in [0, 0.05) is 7.11 Å². The van der Waals surface area contributed by atoms with E-state index < -0.39 is 0 Å². The van der Waals surface area contributed by atoms with Crippen LogP contribution in [0, 0.1) is 0 Å². The van der Waals surface area contributed by atoms with E-state index in [1.54, 1.807) is 7.11 Å². The van der Waals surface area contributed by atoms with Gasteiger partial charge in [-0.1, -0.05) is 13.8 Å². The lowest BCUT2D eigenvalue weighted by atomic mass is 10.2. The summed E-state index contributed by atoms with van der Waals surface area (Å²) in [5.74, 6) is 1.18. The maximum atomic E-state index is 5.46. The van der Waals surface area contributed by atoms with Gasteiger partial charge in [0.15, 0.2) is 0 Å².